The highest BCUT2D eigenvalue weighted by molar-refractivity contribution is 5.83. The van der Waals surface area contributed by atoms with Crippen molar-refractivity contribution < 1.29 is 14.3 Å². The maximum atomic E-state index is 11.8. The van der Waals surface area contributed by atoms with Gasteiger partial charge in [0.05, 0.1) is 0 Å². The number of esters is 1. The van der Waals surface area contributed by atoms with Crippen LogP contribution in [0.2, 0.25) is 0 Å². The third-order valence-corrected chi connectivity index (χ3v) is 3.09. The molecule has 0 aliphatic carbocycles. The van der Waals surface area contributed by atoms with E-state index in [1.54, 1.807) is 0 Å². The van der Waals surface area contributed by atoms with E-state index in [-0.39, 0.29) is 23.3 Å². The van der Waals surface area contributed by atoms with E-state index in [0.717, 1.165) is 18.4 Å². The molecule has 0 amide bonds. The van der Waals surface area contributed by atoms with Crippen molar-refractivity contribution in [3.63, 3.8) is 0 Å². The van der Waals surface area contributed by atoms with Crippen molar-refractivity contribution >= 4 is 11.8 Å². The van der Waals surface area contributed by atoms with Crippen molar-refractivity contribution in [2.75, 3.05) is 0 Å². The molecule has 3 nitrogen and oxygen atoms in total. The Morgan fingerprint density at radius 3 is 2.59 bits per heavy atom. The molecule has 0 saturated carbocycles. The van der Waals surface area contributed by atoms with Gasteiger partial charge in [0.15, 0.2) is 0 Å². The lowest BCUT2D eigenvalue weighted by Crippen LogP contribution is -2.26. The van der Waals surface area contributed by atoms with Crippen molar-refractivity contribution in [2.24, 2.45) is 5.41 Å². The number of ketones is 1. The van der Waals surface area contributed by atoms with Gasteiger partial charge in [0, 0.05) is 18.3 Å². The van der Waals surface area contributed by atoms with Gasteiger partial charge in [0.1, 0.15) is 11.9 Å². The topological polar surface area (TPSA) is 43.4 Å². The van der Waals surface area contributed by atoms with Crippen LogP contribution in [0.5, 0.6) is 0 Å². The zero-order valence-electron chi connectivity index (χ0n) is 11.0. The number of carbonyl (C=O) groups is 2. The van der Waals surface area contributed by atoms with E-state index >= 15 is 0 Å². The van der Waals surface area contributed by atoms with E-state index in [0.29, 0.717) is 19.3 Å². The van der Waals surface area contributed by atoms with Gasteiger partial charge in [-0.3, -0.25) is 9.59 Å². The summed E-state index contributed by atoms with van der Waals surface area (Å²) >= 11 is 0. The summed E-state index contributed by atoms with van der Waals surface area (Å²) in [7, 11) is 0. The Bertz CT molecular complexity index is 323. The van der Waals surface area contributed by atoms with Crippen LogP contribution in [0.1, 0.15) is 52.9 Å². The van der Waals surface area contributed by atoms with Gasteiger partial charge in [-0.25, -0.2) is 0 Å². The summed E-state index contributed by atoms with van der Waals surface area (Å²) in [4.78, 5) is 22.9. The molecule has 0 bridgehead atoms. The molecule has 1 aliphatic heterocycles. The lowest BCUT2D eigenvalue weighted by atomic mass is 9.86. The highest BCUT2D eigenvalue weighted by Gasteiger charge is 2.25. The minimum atomic E-state index is -0.302. The normalized spacial score (nSPS) is 20.9. The summed E-state index contributed by atoms with van der Waals surface area (Å²) in [5.41, 5.74) is 0.569. The lowest BCUT2D eigenvalue weighted by Gasteiger charge is -2.24. The van der Waals surface area contributed by atoms with E-state index in [9.17, 15) is 9.59 Å². The highest BCUT2D eigenvalue weighted by Crippen LogP contribution is 2.25. The van der Waals surface area contributed by atoms with Gasteiger partial charge in [-0.15, -0.1) is 0 Å². The summed E-state index contributed by atoms with van der Waals surface area (Å²) in [6.45, 7) is 9.68. The molecule has 96 valence electrons. The first-order valence-electron chi connectivity index (χ1n) is 6.21. The summed E-state index contributed by atoms with van der Waals surface area (Å²) < 4.78 is 5.22. The molecule has 17 heavy (non-hydrogen) atoms. The molecule has 0 aromatic rings. The maximum absolute atomic E-state index is 11.8. The second kappa shape index (κ2) is 5.48. The van der Waals surface area contributed by atoms with Crippen molar-refractivity contribution in [3.05, 3.63) is 12.2 Å². The van der Waals surface area contributed by atoms with Crippen LogP contribution in [0, 0.1) is 5.41 Å². The third-order valence-electron chi connectivity index (χ3n) is 3.09. The van der Waals surface area contributed by atoms with E-state index in [1.165, 1.54) is 0 Å². The van der Waals surface area contributed by atoms with Gasteiger partial charge in [0.25, 0.3) is 0 Å². The zero-order chi connectivity index (χ0) is 13.1. The zero-order valence-corrected chi connectivity index (χ0v) is 11.0. The van der Waals surface area contributed by atoms with E-state index < -0.39 is 0 Å². The Morgan fingerprint density at radius 2 is 2.06 bits per heavy atom. The largest absolute Gasteiger partial charge is 0.458 e. The van der Waals surface area contributed by atoms with Crippen LogP contribution >= 0.6 is 0 Å². The Balaban J connectivity index is 2.39. The van der Waals surface area contributed by atoms with E-state index in [4.69, 9.17) is 4.74 Å². The second-order valence-corrected chi connectivity index (χ2v) is 5.70. The number of rotatable bonds is 4. The van der Waals surface area contributed by atoms with Crippen LogP contribution in [0.3, 0.4) is 0 Å². The average Bonchev–Trinajstić information content (AvgIpc) is 2.24. The molecule has 1 rings (SSSR count). The molecule has 0 spiro atoms. The Hall–Kier alpha value is -1.12. The number of carbonyl (C=O) groups excluding carboxylic acids is 2. The van der Waals surface area contributed by atoms with Crippen LogP contribution in [-0.2, 0) is 14.3 Å². The molecule has 1 fully saturated rings. The number of hydrogen-bond donors (Lipinski definition) is 0. The van der Waals surface area contributed by atoms with Crippen molar-refractivity contribution in [1.82, 2.24) is 0 Å². The molecular formula is C14H22O3. The summed E-state index contributed by atoms with van der Waals surface area (Å²) in [5.74, 6) is 0.0744. The fourth-order valence-corrected chi connectivity index (χ4v) is 1.81. The van der Waals surface area contributed by atoms with E-state index in [1.807, 2.05) is 20.8 Å². The number of ether oxygens (including phenoxy) is 1. The minimum absolute atomic E-state index is 0.149. The maximum Gasteiger partial charge on any atom is 0.306 e. The van der Waals surface area contributed by atoms with Gasteiger partial charge in [-0.05, 0) is 24.8 Å². The molecule has 1 aliphatic rings. The van der Waals surface area contributed by atoms with Gasteiger partial charge in [0.2, 0.25) is 0 Å². The van der Waals surface area contributed by atoms with Crippen molar-refractivity contribution in [2.45, 2.75) is 59.0 Å². The first-order valence-corrected chi connectivity index (χ1v) is 6.21. The lowest BCUT2D eigenvalue weighted by molar-refractivity contribution is -0.151. The molecule has 0 radical (unpaired) electrons. The molecule has 1 heterocycles. The van der Waals surface area contributed by atoms with Gasteiger partial charge in [-0.1, -0.05) is 27.4 Å². The molecule has 0 aromatic carbocycles. The molecule has 3 heteroatoms. The van der Waals surface area contributed by atoms with Crippen molar-refractivity contribution in [3.8, 4) is 0 Å². The Labute approximate surface area is 103 Å². The molecular weight excluding hydrogens is 216 g/mol. The molecule has 0 aromatic heterocycles. The SMILES string of the molecule is C=C(CCC(=O)C(C)(C)C)C1CCCC(=O)O1. The minimum Gasteiger partial charge on any atom is -0.458 e. The average molecular weight is 238 g/mol. The monoisotopic (exact) mass is 238 g/mol. The summed E-state index contributed by atoms with van der Waals surface area (Å²) in [5, 5.41) is 0. The highest BCUT2D eigenvalue weighted by atomic mass is 16.5. The van der Waals surface area contributed by atoms with Crippen LogP contribution in [0.4, 0.5) is 0 Å². The van der Waals surface area contributed by atoms with Crippen LogP contribution in [0.25, 0.3) is 0 Å². The van der Waals surface area contributed by atoms with Crippen LogP contribution < -0.4 is 0 Å². The molecule has 1 atom stereocenters. The summed E-state index contributed by atoms with van der Waals surface area (Å²) in [6, 6.07) is 0. The fourth-order valence-electron chi connectivity index (χ4n) is 1.81. The smallest absolute Gasteiger partial charge is 0.306 e. The van der Waals surface area contributed by atoms with E-state index in [2.05, 4.69) is 6.58 Å². The predicted octanol–water partition coefficient (Wildman–Crippen LogP) is 3.03. The first-order chi connectivity index (χ1) is 7.80. The van der Waals surface area contributed by atoms with Crippen molar-refractivity contribution in [1.29, 1.82) is 0 Å². The second-order valence-electron chi connectivity index (χ2n) is 5.70. The quantitative estimate of drug-likeness (QED) is 0.558. The molecule has 0 N–H and O–H groups in total. The number of cyclic esters (lactones) is 1. The molecule has 1 unspecified atom stereocenters. The fraction of sp³-hybridized carbons (Fsp3) is 0.714. The standard InChI is InChI=1S/C14H22O3/c1-10(8-9-12(15)14(2,3)4)11-6-5-7-13(16)17-11/h11H,1,5-9H2,2-4H3. The molecule has 1 saturated heterocycles. The van der Waals surface area contributed by atoms with Gasteiger partial charge < -0.3 is 4.74 Å². The predicted molar refractivity (Wildman–Crippen MR) is 66.6 cm³/mol. The Morgan fingerprint density at radius 1 is 1.41 bits per heavy atom. The van der Waals surface area contributed by atoms with Crippen LogP contribution in [0.15, 0.2) is 12.2 Å². The Kier molecular flexibility index (Phi) is 4.49. The van der Waals surface area contributed by atoms with Gasteiger partial charge in [-0.2, -0.15) is 0 Å². The first kappa shape index (κ1) is 13.9. The van der Waals surface area contributed by atoms with Gasteiger partial charge >= 0.3 is 5.97 Å². The summed E-state index contributed by atoms with van der Waals surface area (Å²) in [6.07, 6.45) is 3.13. The number of Topliss-reactive ketones (excluding diaryl/α,β-unsaturated/α-hetero) is 1. The number of hydrogen-bond acceptors (Lipinski definition) is 3. The third kappa shape index (κ3) is 4.33. The van der Waals surface area contributed by atoms with Crippen LogP contribution in [-0.4, -0.2) is 17.9 Å².